The topological polar surface area (TPSA) is 92.3 Å². The minimum Gasteiger partial charge on any atom is -0.481 e. The van der Waals surface area contributed by atoms with E-state index in [-0.39, 0.29) is 12.4 Å². The van der Waals surface area contributed by atoms with Gasteiger partial charge in [0.25, 0.3) is 0 Å². The number of methoxy groups -OCH3 is 2. The zero-order valence-electron chi connectivity index (χ0n) is 10.2. The number of aromatic nitrogens is 3. The molecule has 0 fully saturated rings. The van der Waals surface area contributed by atoms with E-state index in [2.05, 4.69) is 14.7 Å². The molecule has 96 valence electrons. The van der Waals surface area contributed by atoms with Gasteiger partial charge in [0, 0.05) is 12.6 Å². The second-order valence-electron chi connectivity index (χ2n) is 3.64. The predicted octanol–water partition coefficient (Wildman–Crippen LogP) is 0.585. The molecule has 0 spiro atoms. The second-order valence-corrected chi connectivity index (χ2v) is 3.64. The number of carbonyl (C=O) groups is 1. The first-order valence-electron chi connectivity index (χ1n) is 5.39. The standard InChI is InChI=1S/C11H14N4O3/c1-17-8-4-3-7-10(14-8)15(11(12)13-7)6-5-9(16)18-2/h3-4H,5-6H2,1-2H3,(H2,12,13). The molecule has 0 unspecified atom stereocenters. The van der Waals surface area contributed by atoms with Gasteiger partial charge in [-0.25, -0.2) is 4.98 Å². The molecule has 0 bridgehead atoms. The summed E-state index contributed by atoms with van der Waals surface area (Å²) in [5.74, 6) is 0.482. The van der Waals surface area contributed by atoms with Crippen LogP contribution >= 0.6 is 0 Å². The van der Waals surface area contributed by atoms with Crippen LogP contribution < -0.4 is 10.5 Å². The normalized spacial score (nSPS) is 10.6. The van der Waals surface area contributed by atoms with Crippen molar-refractivity contribution >= 4 is 23.1 Å². The maximum atomic E-state index is 11.1. The second kappa shape index (κ2) is 4.91. The van der Waals surface area contributed by atoms with Crippen molar-refractivity contribution in [2.45, 2.75) is 13.0 Å². The number of nitrogens with two attached hydrogens (primary N) is 1. The van der Waals surface area contributed by atoms with Crippen LogP contribution in [0.2, 0.25) is 0 Å². The number of rotatable bonds is 4. The number of hydrogen-bond acceptors (Lipinski definition) is 6. The molecule has 2 rings (SSSR count). The molecule has 0 aliphatic carbocycles. The van der Waals surface area contributed by atoms with Gasteiger partial charge in [0.2, 0.25) is 11.8 Å². The lowest BCUT2D eigenvalue weighted by molar-refractivity contribution is -0.140. The van der Waals surface area contributed by atoms with E-state index in [1.165, 1.54) is 14.2 Å². The molecule has 7 nitrogen and oxygen atoms in total. The Hall–Kier alpha value is -2.31. The third kappa shape index (κ3) is 2.20. The molecule has 0 aliphatic rings. The maximum absolute atomic E-state index is 11.1. The number of ether oxygens (including phenoxy) is 2. The molecule has 2 aromatic heterocycles. The molecule has 18 heavy (non-hydrogen) atoms. The van der Waals surface area contributed by atoms with Gasteiger partial charge in [-0.2, -0.15) is 4.98 Å². The lowest BCUT2D eigenvalue weighted by atomic mass is 10.4. The van der Waals surface area contributed by atoms with Crippen LogP contribution in [-0.2, 0) is 16.1 Å². The number of carbonyl (C=O) groups excluding carboxylic acids is 1. The molecule has 2 N–H and O–H groups in total. The first-order valence-corrected chi connectivity index (χ1v) is 5.39. The summed E-state index contributed by atoms with van der Waals surface area (Å²) in [6, 6.07) is 3.48. The van der Waals surface area contributed by atoms with Gasteiger partial charge in [0.1, 0.15) is 5.52 Å². The molecular weight excluding hydrogens is 236 g/mol. The van der Waals surface area contributed by atoms with Crippen LogP contribution in [0.4, 0.5) is 5.95 Å². The lowest BCUT2D eigenvalue weighted by Crippen LogP contribution is -2.09. The molecular formula is C11H14N4O3. The average Bonchev–Trinajstić information content (AvgIpc) is 2.70. The third-order valence-electron chi connectivity index (χ3n) is 2.57. The predicted molar refractivity (Wildman–Crippen MR) is 65.1 cm³/mol. The van der Waals surface area contributed by atoms with E-state index in [0.29, 0.717) is 29.5 Å². The Morgan fingerprint density at radius 1 is 1.39 bits per heavy atom. The van der Waals surface area contributed by atoms with Crippen LogP contribution in [0.5, 0.6) is 5.88 Å². The van der Waals surface area contributed by atoms with E-state index < -0.39 is 0 Å². The fourth-order valence-electron chi connectivity index (χ4n) is 1.64. The van der Waals surface area contributed by atoms with E-state index in [9.17, 15) is 4.79 Å². The van der Waals surface area contributed by atoms with Gasteiger partial charge >= 0.3 is 5.97 Å². The van der Waals surface area contributed by atoms with Crippen molar-refractivity contribution in [1.82, 2.24) is 14.5 Å². The van der Waals surface area contributed by atoms with Gasteiger partial charge in [0.15, 0.2) is 5.65 Å². The Balaban J connectivity index is 2.35. The van der Waals surface area contributed by atoms with Gasteiger partial charge in [-0.1, -0.05) is 0 Å². The number of fused-ring (bicyclic) bond motifs is 1. The highest BCUT2D eigenvalue weighted by atomic mass is 16.5. The van der Waals surface area contributed by atoms with Gasteiger partial charge in [-0.15, -0.1) is 0 Å². The summed E-state index contributed by atoms with van der Waals surface area (Å²) < 4.78 is 11.3. The minimum atomic E-state index is -0.306. The first kappa shape index (κ1) is 12.2. The lowest BCUT2D eigenvalue weighted by Gasteiger charge is -2.05. The van der Waals surface area contributed by atoms with Crippen LogP contribution in [0.15, 0.2) is 12.1 Å². The highest BCUT2D eigenvalue weighted by Gasteiger charge is 2.12. The Labute approximate surface area is 104 Å². The fourth-order valence-corrected chi connectivity index (χ4v) is 1.64. The highest BCUT2D eigenvalue weighted by molar-refractivity contribution is 5.75. The van der Waals surface area contributed by atoms with E-state index in [1.54, 1.807) is 16.7 Å². The molecule has 2 aromatic rings. The van der Waals surface area contributed by atoms with Crippen LogP contribution in [0.1, 0.15) is 6.42 Å². The van der Waals surface area contributed by atoms with E-state index >= 15 is 0 Å². The van der Waals surface area contributed by atoms with Gasteiger partial charge in [0.05, 0.1) is 20.6 Å². The van der Waals surface area contributed by atoms with Crippen molar-refractivity contribution < 1.29 is 14.3 Å². The number of anilines is 1. The van der Waals surface area contributed by atoms with E-state index in [0.717, 1.165) is 0 Å². The smallest absolute Gasteiger partial charge is 0.307 e. The number of imidazole rings is 1. The first-order chi connectivity index (χ1) is 8.65. The maximum Gasteiger partial charge on any atom is 0.307 e. The van der Waals surface area contributed by atoms with Gasteiger partial charge in [-0.3, -0.25) is 9.36 Å². The summed E-state index contributed by atoms with van der Waals surface area (Å²) in [5, 5.41) is 0. The molecule has 0 radical (unpaired) electrons. The van der Waals surface area contributed by atoms with Crippen molar-refractivity contribution in [2.24, 2.45) is 0 Å². The molecule has 2 heterocycles. The number of aryl methyl sites for hydroxylation is 1. The average molecular weight is 250 g/mol. The number of pyridine rings is 1. The number of nitrogen functional groups attached to an aromatic ring is 1. The number of hydrogen-bond donors (Lipinski definition) is 1. The number of esters is 1. The number of nitrogens with zero attached hydrogens (tertiary/aromatic N) is 3. The quantitative estimate of drug-likeness (QED) is 0.798. The molecule has 0 aromatic carbocycles. The zero-order valence-corrected chi connectivity index (χ0v) is 10.2. The summed E-state index contributed by atoms with van der Waals surface area (Å²) in [4.78, 5) is 19.6. The molecule has 0 amide bonds. The Morgan fingerprint density at radius 2 is 2.17 bits per heavy atom. The van der Waals surface area contributed by atoms with Crippen LogP contribution in [0, 0.1) is 0 Å². The van der Waals surface area contributed by atoms with Crippen LogP contribution in [0.3, 0.4) is 0 Å². The van der Waals surface area contributed by atoms with Gasteiger partial charge in [-0.05, 0) is 6.07 Å². The summed E-state index contributed by atoms with van der Waals surface area (Å²) in [5.41, 5.74) is 7.05. The summed E-state index contributed by atoms with van der Waals surface area (Å²) in [6.07, 6.45) is 0.213. The molecule has 0 saturated heterocycles. The monoisotopic (exact) mass is 250 g/mol. The largest absolute Gasteiger partial charge is 0.481 e. The van der Waals surface area contributed by atoms with Crippen molar-refractivity contribution in [2.75, 3.05) is 20.0 Å². The van der Waals surface area contributed by atoms with Crippen molar-refractivity contribution in [3.05, 3.63) is 12.1 Å². The minimum absolute atomic E-state index is 0.213. The van der Waals surface area contributed by atoms with Crippen LogP contribution in [-0.4, -0.2) is 34.7 Å². The SMILES string of the molecule is COC(=O)CCn1c(N)nc2ccc(OC)nc21. The highest BCUT2D eigenvalue weighted by Crippen LogP contribution is 2.19. The Morgan fingerprint density at radius 3 is 2.83 bits per heavy atom. The van der Waals surface area contributed by atoms with E-state index in [4.69, 9.17) is 10.5 Å². The molecule has 0 atom stereocenters. The van der Waals surface area contributed by atoms with Crippen molar-refractivity contribution in [1.29, 1.82) is 0 Å². The Bertz CT molecular complexity index is 579. The van der Waals surface area contributed by atoms with Crippen LogP contribution in [0.25, 0.3) is 11.2 Å². The van der Waals surface area contributed by atoms with E-state index in [1.807, 2.05) is 0 Å². The summed E-state index contributed by atoms with van der Waals surface area (Å²) in [6.45, 7) is 0.370. The fraction of sp³-hybridized carbons (Fsp3) is 0.364. The van der Waals surface area contributed by atoms with Crippen molar-refractivity contribution in [3.63, 3.8) is 0 Å². The van der Waals surface area contributed by atoms with Crippen molar-refractivity contribution in [3.8, 4) is 5.88 Å². The molecule has 0 aliphatic heterocycles. The van der Waals surface area contributed by atoms with Gasteiger partial charge < -0.3 is 15.2 Å². The summed E-state index contributed by atoms with van der Waals surface area (Å²) >= 11 is 0. The molecule has 0 saturated carbocycles. The third-order valence-corrected chi connectivity index (χ3v) is 2.57. The Kier molecular flexibility index (Phi) is 3.31. The summed E-state index contributed by atoms with van der Waals surface area (Å²) in [7, 11) is 2.88. The molecule has 7 heteroatoms. The zero-order chi connectivity index (χ0) is 13.1.